The Bertz CT molecular complexity index is 665. The van der Waals surface area contributed by atoms with E-state index in [0.29, 0.717) is 5.92 Å². The van der Waals surface area contributed by atoms with Gasteiger partial charge >= 0.3 is 0 Å². The van der Waals surface area contributed by atoms with Crippen LogP contribution in [0.2, 0.25) is 0 Å². The molecule has 122 valence electrons. The van der Waals surface area contributed by atoms with Crippen LogP contribution >= 0.6 is 11.8 Å². The van der Waals surface area contributed by atoms with Crippen molar-refractivity contribution in [2.24, 2.45) is 0 Å². The number of carbonyl (C=O) groups excluding carboxylic acids is 1. The molecule has 1 N–H and O–H groups in total. The lowest BCUT2D eigenvalue weighted by atomic mass is 9.94. The Morgan fingerprint density at radius 2 is 2.17 bits per heavy atom. The largest absolute Gasteiger partial charge is 0.338 e. The molecule has 1 aromatic heterocycles. The lowest BCUT2D eigenvalue weighted by Gasteiger charge is -2.32. The molecule has 1 atom stereocenters. The number of carbonyl (C=O) groups is 1. The second kappa shape index (κ2) is 7.21. The smallest absolute Gasteiger partial charge is 0.253 e. The summed E-state index contributed by atoms with van der Waals surface area (Å²) in [5.74, 6) is 1.46. The molecule has 0 unspecified atom stereocenters. The highest BCUT2D eigenvalue weighted by Gasteiger charge is 2.26. The lowest BCUT2D eigenvalue weighted by molar-refractivity contribution is 0.0706. The summed E-state index contributed by atoms with van der Waals surface area (Å²) < 4.78 is 0. The number of H-pyrrole nitrogens is 1. The van der Waals surface area contributed by atoms with Gasteiger partial charge < -0.3 is 4.90 Å². The first kappa shape index (κ1) is 16.1. The summed E-state index contributed by atoms with van der Waals surface area (Å²) >= 11 is 1.79. The van der Waals surface area contributed by atoms with Crippen molar-refractivity contribution in [3.63, 3.8) is 0 Å². The Hall–Kier alpha value is -1.75. The van der Waals surface area contributed by atoms with Gasteiger partial charge in [-0.15, -0.1) is 0 Å². The van der Waals surface area contributed by atoms with Gasteiger partial charge in [-0.2, -0.15) is 16.9 Å². The van der Waals surface area contributed by atoms with Gasteiger partial charge in [0.15, 0.2) is 0 Å². The SMILES string of the molecule is CSCc1ccc(C(=O)N2CCC[C@H](c3cc(C)[nH]n3)C2)cc1. The van der Waals surface area contributed by atoms with Crippen molar-refractivity contribution in [2.75, 3.05) is 19.3 Å². The average Bonchev–Trinajstić information content (AvgIpc) is 3.02. The van der Waals surface area contributed by atoms with Crippen LogP contribution in [0.25, 0.3) is 0 Å². The molecule has 0 spiro atoms. The van der Waals surface area contributed by atoms with Crippen LogP contribution in [0.4, 0.5) is 0 Å². The summed E-state index contributed by atoms with van der Waals surface area (Å²) in [6, 6.07) is 10.1. The molecular weight excluding hydrogens is 306 g/mol. The van der Waals surface area contributed by atoms with E-state index in [1.54, 1.807) is 11.8 Å². The van der Waals surface area contributed by atoms with Crippen molar-refractivity contribution < 1.29 is 4.79 Å². The summed E-state index contributed by atoms with van der Waals surface area (Å²) in [6.45, 7) is 3.61. The molecule has 4 nitrogen and oxygen atoms in total. The van der Waals surface area contributed by atoms with Crippen molar-refractivity contribution in [2.45, 2.75) is 31.4 Å². The zero-order chi connectivity index (χ0) is 16.2. The number of hydrogen-bond donors (Lipinski definition) is 1. The van der Waals surface area contributed by atoms with E-state index in [2.05, 4.69) is 34.7 Å². The number of rotatable bonds is 4. The molecule has 1 amide bonds. The number of nitrogens with one attached hydrogen (secondary N) is 1. The van der Waals surface area contributed by atoms with Crippen molar-refractivity contribution >= 4 is 17.7 Å². The number of hydrogen-bond acceptors (Lipinski definition) is 3. The van der Waals surface area contributed by atoms with E-state index in [4.69, 9.17) is 0 Å². The fourth-order valence-corrected chi connectivity index (χ4v) is 3.67. The topological polar surface area (TPSA) is 49.0 Å². The second-order valence-corrected chi connectivity index (χ2v) is 7.06. The molecule has 0 saturated carbocycles. The van der Waals surface area contributed by atoms with Gasteiger partial charge in [0.2, 0.25) is 0 Å². The van der Waals surface area contributed by atoms with E-state index in [-0.39, 0.29) is 5.91 Å². The normalized spacial score (nSPS) is 18.2. The van der Waals surface area contributed by atoms with Crippen molar-refractivity contribution in [3.05, 3.63) is 52.8 Å². The van der Waals surface area contributed by atoms with Crippen LogP contribution in [0.15, 0.2) is 30.3 Å². The fourth-order valence-electron chi connectivity index (χ4n) is 3.14. The lowest BCUT2D eigenvalue weighted by Crippen LogP contribution is -2.39. The van der Waals surface area contributed by atoms with Gasteiger partial charge in [0.25, 0.3) is 5.91 Å². The molecule has 23 heavy (non-hydrogen) atoms. The number of aromatic nitrogens is 2. The van der Waals surface area contributed by atoms with Crippen LogP contribution < -0.4 is 0 Å². The van der Waals surface area contributed by atoms with Crippen molar-refractivity contribution in [3.8, 4) is 0 Å². The molecule has 5 heteroatoms. The minimum atomic E-state index is 0.137. The number of amides is 1. The molecule has 1 aliphatic heterocycles. The third kappa shape index (κ3) is 3.78. The second-order valence-electron chi connectivity index (χ2n) is 6.20. The molecule has 0 bridgehead atoms. The first-order chi connectivity index (χ1) is 11.2. The zero-order valence-electron chi connectivity index (χ0n) is 13.7. The number of nitrogens with zero attached hydrogens (tertiary/aromatic N) is 2. The maximum absolute atomic E-state index is 12.7. The van der Waals surface area contributed by atoms with Crippen LogP contribution in [0.3, 0.4) is 0 Å². The van der Waals surface area contributed by atoms with Crippen LogP contribution in [-0.2, 0) is 5.75 Å². The molecule has 1 aliphatic rings. The summed E-state index contributed by atoms with van der Waals surface area (Å²) in [7, 11) is 0. The average molecular weight is 329 g/mol. The number of aryl methyl sites for hydroxylation is 1. The molecular formula is C18H23N3OS. The van der Waals surface area contributed by atoms with Crippen LogP contribution in [0, 0.1) is 6.92 Å². The first-order valence-electron chi connectivity index (χ1n) is 8.06. The summed E-state index contributed by atoms with van der Waals surface area (Å²) in [5, 5.41) is 7.38. The Kier molecular flexibility index (Phi) is 5.06. The predicted molar refractivity (Wildman–Crippen MR) is 94.9 cm³/mol. The highest BCUT2D eigenvalue weighted by atomic mass is 32.2. The van der Waals surface area contributed by atoms with Gasteiger partial charge in [-0.3, -0.25) is 9.89 Å². The van der Waals surface area contributed by atoms with E-state index in [0.717, 1.165) is 48.6 Å². The van der Waals surface area contributed by atoms with Crippen LogP contribution in [0.1, 0.15) is 46.1 Å². The molecule has 0 radical (unpaired) electrons. The molecule has 3 rings (SSSR count). The number of likely N-dealkylation sites (tertiary alicyclic amines) is 1. The van der Waals surface area contributed by atoms with Gasteiger partial charge in [-0.1, -0.05) is 12.1 Å². The Morgan fingerprint density at radius 3 is 2.83 bits per heavy atom. The quantitative estimate of drug-likeness (QED) is 0.932. The number of aromatic amines is 1. The Balaban J connectivity index is 1.69. The molecule has 1 fully saturated rings. The van der Waals surface area contributed by atoms with Crippen LogP contribution in [-0.4, -0.2) is 40.3 Å². The van der Waals surface area contributed by atoms with E-state index in [1.165, 1.54) is 5.56 Å². The summed E-state index contributed by atoms with van der Waals surface area (Å²) in [5.41, 5.74) is 4.20. The van der Waals surface area contributed by atoms with Gasteiger partial charge in [0.05, 0.1) is 5.69 Å². The zero-order valence-corrected chi connectivity index (χ0v) is 14.5. The standard InChI is InChI=1S/C18H23N3OS/c1-13-10-17(20-19-13)16-4-3-9-21(11-16)18(22)15-7-5-14(6-8-15)12-23-2/h5-8,10,16H,3-4,9,11-12H2,1-2H3,(H,19,20)/t16-/m0/s1. The maximum Gasteiger partial charge on any atom is 0.253 e. The number of piperidine rings is 1. The monoisotopic (exact) mass is 329 g/mol. The third-order valence-corrected chi connectivity index (χ3v) is 4.99. The van der Waals surface area contributed by atoms with E-state index in [9.17, 15) is 4.79 Å². The van der Waals surface area contributed by atoms with Crippen LogP contribution in [0.5, 0.6) is 0 Å². The third-order valence-electron chi connectivity index (χ3n) is 4.36. The molecule has 2 heterocycles. The minimum absolute atomic E-state index is 0.137. The number of thioether (sulfide) groups is 1. The van der Waals surface area contributed by atoms with Gasteiger partial charge in [-0.05, 0) is 49.8 Å². The molecule has 1 aromatic carbocycles. The van der Waals surface area contributed by atoms with E-state index in [1.807, 2.05) is 24.0 Å². The fraction of sp³-hybridized carbons (Fsp3) is 0.444. The highest BCUT2D eigenvalue weighted by Crippen LogP contribution is 2.27. The molecule has 2 aromatic rings. The highest BCUT2D eigenvalue weighted by molar-refractivity contribution is 7.97. The van der Waals surface area contributed by atoms with Crippen molar-refractivity contribution in [1.82, 2.24) is 15.1 Å². The maximum atomic E-state index is 12.7. The summed E-state index contributed by atoms with van der Waals surface area (Å²) in [4.78, 5) is 14.7. The predicted octanol–water partition coefficient (Wildman–Crippen LogP) is 3.60. The molecule has 0 aliphatic carbocycles. The van der Waals surface area contributed by atoms with Gasteiger partial charge in [-0.25, -0.2) is 0 Å². The van der Waals surface area contributed by atoms with E-state index < -0.39 is 0 Å². The first-order valence-corrected chi connectivity index (χ1v) is 9.46. The number of benzene rings is 1. The van der Waals surface area contributed by atoms with E-state index >= 15 is 0 Å². The van der Waals surface area contributed by atoms with Crippen molar-refractivity contribution in [1.29, 1.82) is 0 Å². The Morgan fingerprint density at radius 1 is 1.39 bits per heavy atom. The van der Waals surface area contributed by atoms with Gasteiger partial charge in [0, 0.05) is 36.0 Å². The minimum Gasteiger partial charge on any atom is -0.338 e. The van der Waals surface area contributed by atoms with Gasteiger partial charge in [0.1, 0.15) is 0 Å². The Labute approximate surface area is 141 Å². The summed E-state index contributed by atoms with van der Waals surface area (Å²) in [6.07, 6.45) is 4.22. The molecule has 1 saturated heterocycles.